The molecule has 1 saturated heterocycles. The van der Waals surface area contributed by atoms with Gasteiger partial charge in [0.2, 0.25) is 0 Å². The number of nitrogens with zero attached hydrogens (tertiary/aromatic N) is 1. The van der Waals surface area contributed by atoms with Crippen molar-refractivity contribution in [1.29, 1.82) is 0 Å². The molecule has 0 radical (unpaired) electrons. The molecule has 2 bridgehead atoms. The molecule has 1 saturated carbocycles. The van der Waals surface area contributed by atoms with Crippen LogP contribution in [0.15, 0.2) is 24.3 Å². The first-order chi connectivity index (χ1) is 8.28. The maximum atomic E-state index is 6.04. The average molecular weight is 230 g/mol. The molecule has 3 atom stereocenters. The standard InChI is InChI=1S/C15H22N2/c1-2-15(16)12-4-7-13(8-5-12)17-10-11-3-6-14(17)9-11/h4-5,7-8,11,14-15H,2-3,6,9-10,16H2,1H3. The quantitative estimate of drug-likeness (QED) is 0.864. The largest absolute Gasteiger partial charge is 0.368 e. The molecule has 1 aliphatic carbocycles. The summed E-state index contributed by atoms with van der Waals surface area (Å²) >= 11 is 0. The summed E-state index contributed by atoms with van der Waals surface area (Å²) in [6, 6.07) is 9.92. The van der Waals surface area contributed by atoms with Gasteiger partial charge in [-0.1, -0.05) is 19.1 Å². The normalized spacial score (nSPS) is 28.7. The van der Waals surface area contributed by atoms with Gasteiger partial charge in [-0.05, 0) is 49.3 Å². The number of nitrogens with two attached hydrogens (primary N) is 1. The van der Waals surface area contributed by atoms with Crippen molar-refractivity contribution < 1.29 is 0 Å². The van der Waals surface area contributed by atoms with Gasteiger partial charge < -0.3 is 10.6 Å². The Hall–Kier alpha value is -1.02. The van der Waals surface area contributed by atoms with Crippen LogP contribution in [0.4, 0.5) is 5.69 Å². The first kappa shape index (κ1) is 11.1. The van der Waals surface area contributed by atoms with Crippen molar-refractivity contribution in [1.82, 2.24) is 0 Å². The second kappa shape index (κ2) is 4.34. The SMILES string of the molecule is CCC(N)c1ccc(N2CC3CCC2C3)cc1. The van der Waals surface area contributed by atoms with Crippen LogP contribution in [0.3, 0.4) is 0 Å². The van der Waals surface area contributed by atoms with Crippen LogP contribution >= 0.6 is 0 Å². The zero-order valence-electron chi connectivity index (χ0n) is 10.6. The molecule has 1 aromatic rings. The number of benzene rings is 1. The highest BCUT2D eigenvalue weighted by molar-refractivity contribution is 5.50. The van der Waals surface area contributed by atoms with Crippen LogP contribution in [0.25, 0.3) is 0 Å². The lowest BCUT2D eigenvalue weighted by atomic mass is 10.0. The molecule has 2 nitrogen and oxygen atoms in total. The fourth-order valence-electron chi connectivity index (χ4n) is 3.39. The molecule has 0 amide bonds. The average Bonchev–Trinajstić information content (AvgIpc) is 3.00. The van der Waals surface area contributed by atoms with Gasteiger partial charge in [0.25, 0.3) is 0 Å². The predicted molar refractivity (Wildman–Crippen MR) is 72.1 cm³/mol. The summed E-state index contributed by atoms with van der Waals surface area (Å²) in [5.41, 5.74) is 8.70. The van der Waals surface area contributed by atoms with Gasteiger partial charge in [-0.2, -0.15) is 0 Å². The van der Waals surface area contributed by atoms with Crippen LogP contribution in [0.5, 0.6) is 0 Å². The highest BCUT2D eigenvalue weighted by atomic mass is 15.2. The Labute approximate surface area is 104 Å². The van der Waals surface area contributed by atoms with Crippen LogP contribution < -0.4 is 10.6 Å². The smallest absolute Gasteiger partial charge is 0.0369 e. The molecule has 2 aliphatic rings. The first-order valence-corrected chi connectivity index (χ1v) is 6.90. The number of anilines is 1. The summed E-state index contributed by atoms with van der Waals surface area (Å²) in [6.07, 6.45) is 5.25. The molecule has 17 heavy (non-hydrogen) atoms. The summed E-state index contributed by atoms with van der Waals surface area (Å²) in [7, 11) is 0. The van der Waals surface area contributed by atoms with Crippen LogP contribution in [0.2, 0.25) is 0 Å². The highest BCUT2D eigenvalue weighted by Crippen LogP contribution is 2.40. The zero-order valence-corrected chi connectivity index (χ0v) is 10.6. The van der Waals surface area contributed by atoms with E-state index in [4.69, 9.17) is 5.73 Å². The monoisotopic (exact) mass is 230 g/mol. The van der Waals surface area contributed by atoms with E-state index in [1.54, 1.807) is 0 Å². The number of fused-ring (bicyclic) bond motifs is 2. The minimum atomic E-state index is 0.194. The second-order valence-corrected chi connectivity index (χ2v) is 5.59. The van der Waals surface area contributed by atoms with E-state index in [2.05, 4.69) is 36.1 Å². The molecule has 2 heteroatoms. The van der Waals surface area contributed by atoms with E-state index in [9.17, 15) is 0 Å². The number of hydrogen-bond acceptors (Lipinski definition) is 2. The Balaban J connectivity index is 1.76. The lowest BCUT2D eigenvalue weighted by Crippen LogP contribution is -2.31. The summed E-state index contributed by atoms with van der Waals surface area (Å²) in [5.74, 6) is 0.956. The number of piperidine rings is 1. The van der Waals surface area contributed by atoms with Crippen molar-refractivity contribution in [3.05, 3.63) is 29.8 Å². The van der Waals surface area contributed by atoms with Gasteiger partial charge in [0.05, 0.1) is 0 Å². The van der Waals surface area contributed by atoms with Crippen molar-refractivity contribution in [3.63, 3.8) is 0 Å². The van der Waals surface area contributed by atoms with Gasteiger partial charge >= 0.3 is 0 Å². The lowest BCUT2D eigenvalue weighted by Gasteiger charge is -2.29. The molecule has 92 valence electrons. The number of hydrogen-bond donors (Lipinski definition) is 1. The Morgan fingerprint density at radius 3 is 2.59 bits per heavy atom. The molecule has 1 heterocycles. The molecule has 1 aromatic carbocycles. The second-order valence-electron chi connectivity index (χ2n) is 5.59. The van der Waals surface area contributed by atoms with Crippen LogP contribution in [-0.4, -0.2) is 12.6 Å². The van der Waals surface area contributed by atoms with E-state index in [0.29, 0.717) is 0 Å². The summed E-state index contributed by atoms with van der Waals surface area (Å²) < 4.78 is 0. The highest BCUT2D eigenvalue weighted by Gasteiger charge is 2.37. The molecule has 3 rings (SSSR count). The van der Waals surface area contributed by atoms with E-state index in [1.165, 1.54) is 37.1 Å². The molecule has 1 aliphatic heterocycles. The van der Waals surface area contributed by atoms with E-state index in [1.807, 2.05) is 0 Å². The Bertz CT molecular complexity index is 384. The van der Waals surface area contributed by atoms with Gasteiger partial charge in [0, 0.05) is 24.3 Å². The molecule has 3 unspecified atom stereocenters. The minimum absolute atomic E-state index is 0.194. The molecule has 0 aromatic heterocycles. The van der Waals surface area contributed by atoms with Crippen molar-refractivity contribution in [3.8, 4) is 0 Å². The summed E-state index contributed by atoms with van der Waals surface area (Å²) in [6.45, 7) is 3.40. The zero-order chi connectivity index (χ0) is 11.8. The van der Waals surface area contributed by atoms with E-state index in [-0.39, 0.29) is 6.04 Å². The Kier molecular flexibility index (Phi) is 2.83. The maximum absolute atomic E-state index is 6.04. The van der Waals surface area contributed by atoms with Crippen molar-refractivity contribution in [2.24, 2.45) is 11.7 Å². The van der Waals surface area contributed by atoms with Gasteiger partial charge in [-0.15, -0.1) is 0 Å². The van der Waals surface area contributed by atoms with E-state index in [0.717, 1.165) is 18.4 Å². The van der Waals surface area contributed by atoms with Gasteiger partial charge in [0.1, 0.15) is 0 Å². The Morgan fingerprint density at radius 1 is 1.29 bits per heavy atom. The van der Waals surface area contributed by atoms with Crippen molar-refractivity contribution in [2.75, 3.05) is 11.4 Å². The van der Waals surface area contributed by atoms with Crippen molar-refractivity contribution in [2.45, 2.75) is 44.7 Å². The first-order valence-electron chi connectivity index (χ1n) is 6.90. The molecular formula is C15H22N2. The van der Waals surface area contributed by atoms with Gasteiger partial charge in [-0.3, -0.25) is 0 Å². The molecule has 2 fully saturated rings. The van der Waals surface area contributed by atoms with Crippen LogP contribution in [0.1, 0.15) is 44.2 Å². The van der Waals surface area contributed by atoms with Crippen LogP contribution in [-0.2, 0) is 0 Å². The van der Waals surface area contributed by atoms with Gasteiger partial charge in [-0.25, -0.2) is 0 Å². The van der Waals surface area contributed by atoms with Gasteiger partial charge in [0.15, 0.2) is 0 Å². The molecule has 2 N–H and O–H groups in total. The third-order valence-electron chi connectivity index (χ3n) is 4.50. The van der Waals surface area contributed by atoms with Crippen LogP contribution in [0, 0.1) is 5.92 Å². The van der Waals surface area contributed by atoms with E-state index < -0.39 is 0 Å². The molecular weight excluding hydrogens is 208 g/mol. The fraction of sp³-hybridized carbons (Fsp3) is 0.600. The maximum Gasteiger partial charge on any atom is 0.0369 e. The topological polar surface area (TPSA) is 29.3 Å². The number of rotatable bonds is 3. The molecule has 0 spiro atoms. The van der Waals surface area contributed by atoms with E-state index >= 15 is 0 Å². The summed E-state index contributed by atoms with van der Waals surface area (Å²) in [5, 5.41) is 0. The fourth-order valence-corrected chi connectivity index (χ4v) is 3.39. The minimum Gasteiger partial charge on any atom is -0.368 e. The lowest BCUT2D eigenvalue weighted by molar-refractivity contribution is 0.553. The van der Waals surface area contributed by atoms with Crippen molar-refractivity contribution >= 4 is 5.69 Å². The summed E-state index contributed by atoms with van der Waals surface area (Å²) in [4.78, 5) is 2.59. The predicted octanol–water partition coefficient (Wildman–Crippen LogP) is 3.09. The third-order valence-corrected chi connectivity index (χ3v) is 4.50. The Morgan fingerprint density at radius 2 is 2.06 bits per heavy atom. The third kappa shape index (κ3) is 1.95.